The summed E-state index contributed by atoms with van der Waals surface area (Å²) in [6.07, 6.45) is -3.29. The fraction of sp³-hybridized carbons (Fsp3) is 0.364. The lowest BCUT2D eigenvalue weighted by atomic mass is 10.2. The van der Waals surface area contributed by atoms with Gasteiger partial charge in [-0.3, -0.25) is 4.79 Å². The number of amides is 1. The topological polar surface area (TPSA) is 85.3 Å². The van der Waals surface area contributed by atoms with Crippen LogP contribution in [0.3, 0.4) is 0 Å². The number of nitrogens with two attached hydrogens (primary N) is 1. The van der Waals surface area contributed by atoms with Gasteiger partial charge in [0.25, 0.3) is 5.91 Å². The molecule has 0 saturated carbocycles. The number of hydrogen-bond donors (Lipinski definition) is 2. The predicted molar refractivity (Wildman–Crippen MR) is 72.7 cm³/mol. The Morgan fingerprint density at radius 2 is 2.24 bits per heavy atom. The Kier molecular flexibility index (Phi) is 4.08. The van der Waals surface area contributed by atoms with Crippen molar-refractivity contribution in [1.82, 2.24) is 19.9 Å². The molecule has 0 aliphatic rings. The molecule has 1 atom stereocenters. The highest BCUT2D eigenvalue weighted by Crippen LogP contribution is 2.23. The van der Waals surface area contributed by atoms with E-state index in [4.69, 9.17) is 5.73 Å². The quantitative estimate of drug-likeness (QED) is 0.872. The molecule has 3 N–H and O–H groups in total. The summed E-state index contributed by atoms with van der Waals surface area (Å²) in [5.41, 5.74) is 5.48. The number of pyridine rings is 1. The zero-order valence-electron chi connectivity index (χ0n) is 10.8. The van der Waals surface area contributed by atoms with Gasteiger partial charge in [0.15, 0.2) is 5.65 Å². The molecule has 1 unspecified atom stereocenters. The third kappa shape index (κ3) is 3.26. The van der Waals surface area contributed by atoms with Crippen LogP contribution in [0.4, 0.5) is 19.1 Å². The highest BCUT2D eigenvalue weighted by molar-refractivity contribution is 9.10. The van der Waals surface area contributed by atoms with E-state index in [2.05, 4.69) is 26.0 Å². The second-order valence-corrected chi connectivity index (χ2v) is 5.20. The van der Waals surface area contributed by atoms with Crippen molar-refractivity contribution in [3.63, 3.8) is 0 Å². The SMILES string of the molecule is CCC(NC(=O)c1cc(Br)cn2nc(N)nc12)C(F)(F)F. The van der Waals surface area contributed by atoms with Gasteiger partial charge in [0.1, 0.15) is 6.04 Å². The third-order valence-electron chi connectivity index (χ3n) is 2.77. The molecule has 2 aromatic heterocycles. The predicted octanol–water partition coefficient (Wildman–Crippen LogP) is 2.14. The van der Waals surface area contributed by atoms with Gasteiger partial charge in [-0.05, 0) is 28.4 Å². The number of halogens is 4. The maximum atomic E-state index is 12.7. The third-order valence-corrected chi connectivity index (χ3v) is 3.20. The van der Waals surface area contributed by atoms with Gasteiger partial charge in [-0.1, -0.05) is 6.92 Å². The first-order valence-electron chi connectivity index (χ1n) is 5.91. The Labute approximate surface area is 125 Å². The molecule has 10 heteroatoms. The zero-order chi connectivity index (χ0) is 15.8. The number of rotatable bonds is 3. The number of nitrogen functional groups attached to an aromatic ring is 1. The molecule has 114 valence electrons. The Hall–Kier alpha value is -1.84. The van der Waals surface area contributed by atoms with Gasteiger partial charge in [0, 0.05) is 10.7 Å². The Bertz CT molecular complexity index is 684. The molecule has 0 aliphatic heterocycles. The maximum absolute atomic E-state index is 12.7. The lowest BCUT2D eigenvalue weighted by molar-refractivity contribution is -0.153. The van der Waals surface area contributed by atoms with Crippen molar-refractivity contribution in [1.29, 1.82) is 0 Å². The smallest absolute Gasteiger partial charge is 0.366 e. The fourth-order valence-corrected chi connectivity index (χ4v) is 2.21. The van der Waals surface area contributed by atoms with E-state index in [0.717, 1.165) is 0 Å². The normalized spacial score (nSPS) is 13.4. The first-order valence-corrected chi connectivity index (χ1v) is 6.70. The maximum Gasteiger partial charge on any atom is 0.408 e. The van der Waals surface area contributed by atoms with Gasteiger partial charge in [-0.15, -0.1) is 5.10 Å². The molecule has 0 radical (unpaired) electrons. The van der Waals surface area contributed by atoms with Crippen molar-refractivity contribution in [2.45, 2.75) is 25.6 Å². The molecule has 0 spiro atoms. The molecule has 0 saturated heterocycles. The number of hydrogen-bond acceptors (Lipinski definition) is 4. The molecular formula is C11H11BrF3N5O. The molecule has 0 fully saturated rings. The van der Waals surface area contributed by atoms with E-state index in [-0.39, 0.29) is 23.6 Å². The molecule has 2 aromatic rings. The molecule has 1 amide bonds. The molecule has 2 heterocycles. The Balaban J connectivity index is 2.39. The molecule has 0 aliphatic carbocycles. The number of nitrogens with one attached hydrogen (secondary N) is 1. The number of carbonyl (C=O) groups excluding carboxylic acids is 1. The monoisotopic (exact) mass is 365 g/mol. The number of nitrogens with zero attached hydrogens (tertiary/aromatic N) is 3. The van der Waals surface area contributed by atoms with E-state index >= 15 is 0 Å². The summed E-state index contributed by atoms with van der Waals surface area (Å²) in [5, 5.41) is 5.76. The summed E-state index contributed by atoms with van der Waals surface area (Å²) >= 11 is 3.15. The minimum atomic E-state index is -4.51. The van der Waals surface area contributed by atoms with Crippen molar-refractivity contribution in [2.75, 3.05) is 5.73 Å². The number of anilines is 1. The minimum Gasteiger partial charge on any atom is -0.366 e. The second-order valence-electron chi connectivity index (χ2n) is 4.29. The molecule has 0 aromatic carbocycles. The lowest BCUT2D eigenvalue weighted by Gasteiger charge is -2.20. The number of aromatic nitrogens is 3. The summed E-state index contributed by atoms with van der Waals surface area (Å²) in [6.45, 7) is 1.34. The molecule has 0 bridgehead atoms. The molecule has 6 nitrogen and oxygen atoms in total. The van der Waals surface area contributed by atoms with Crippen molar-refractivity contribution in [2.24, 2.45) is 0 Å². The Morgan fingerprint density at radius 1 is 1.57 bits per heavy atom. The molecule has 2 rings (SSSR count). The van der Waals surface area contributed by atoms with Gasteiger partial charge >= 0.3 is 6.18 Å². The highest BCUT2D eigenvalue weighted by Gasteiger charge is 2.39. The van der Waals surface area contributed by atoms with Crippen LogP contribution in [0.5, 0.6) is 0 Å². The van der Waals surface area contributed by atoms with Gasteiger partial charge in [0.05, 0.1) is 5.56 Å². The van der Waals surface area contributed by atoms with Crippen LogP contribution in [-0.4, -0.2) is 32.7 Å². The van der Waals surface area contributed by atoms with E-state index in [0.29, 0.717) is 4.47 Å². The van der Waals surface area contributed by atoms with Crippen molar-refractivity contribution < 1.29 is 18.0 Å². The van der Waals surface area contributed by atoms with E-state index in [9.17, 15) is 18.0 Å². The van der Waals surface area contributed by atoms with Crippen LogP contribution in [0.25, 0.3) is 5.65 Å². The first-order chi connectivity index (χ1) is 9.72. The summed E-state index contributed by atoms with van der Waals surface area (Å²) < 4.78 is 39.8. The largest absolute Gasteiger partial charge is 0.408 e. The zero-order valence-corrected chi connectivity index (χ0v) is 12.4. The van der Waals surface area contributed by atoms with Crippen LogP contribution < -0.4 is 11.1 Å². The van der Waals surface area contributed by atoms with Crippen LogP contribution in [0.2, 0.25) is 0 Å². The van der Waals surface area contributed by atoms with Gasteiger partial charge in [-0.25, -0.2) is 4.52 Å². The van der Waals surface area contributed by atoms with Crippen LogP contribution in [0.15, 0.2) is 16.7 Å². The highest BCUT2D eigenvalue weighted by atomic mass is 79.9. The van der Waals surface area contributed by atoms with Crippen LogP contribution in [0.1, 0.15) is 23.7 Å². The summed E-state index contributed by atoms with van der Waals surface area (Å²) in [6, 6.07) is -0.564. The van der Waals surface area contributed by atoms with Crippen LogP contribution in [-0.2, 0) is 0 Å². The average molecular weight is 366 g/mol. The van der Waals surface area contributed by atoms with Gasteiger partial charge in [-0.2, -0.15) is 18.2 Å². The fourth-order valence-electron chi connectivity index (χ4n) is 1.79. The second kappa shape index (κ2) is 5.51. The van der Waals surface area contributed by atoms with E-state index < -0.39 is 18.1 Å². The van der Waals surface area contributed by atoms with Gasteiger partial charge < -0.3 is 11.1 Å². The minimum absolute atomic E-state index is 0.0451. The Morgan fingerprint density at radius 3 is 2.81 bits per heavy atom. The average Bonchev–Trinajstić information content (AvgIpc) is 2.73. The van der Waals surface area contributed by atoms with Crippen molar-refractivity contribution in [3.05, 3.63) is 22.3 Å². The lowest BCUT2D eigenvalue weighted by Crippen LogP contribution is -2.45. The summed E-state index contributed by atoms with van der Waals surface area (Å²) in [4.78, 5) is 15.9. The number of alkyl halides is 3. The summed E-state index contributed by atoms with van der Waals surface area (Å²) in [7, 11) is 0. The first kappa shape index (κ1) is 15.5. The van der Waals surface area contributed by atoms with E-state index in [1.165, 1.54) is 23.7 Å². The summed E-state index contributed by atoms with van der Waals surface area (Å²) in [5.74, 6) is -0.970. The van der Waals surface area contributed by atoms with Crippen molar-refractivity contribution >= 4 is 33.4 Å². The van der Waals surface area contributed by atoms with E-state index in [1.807, 2.05) is 5.32 Å². The van der Waals surface area contributed by atoms with Crippen LogP contribution >= 0.6 is 15.9 Å². The van der Waals surface area contributed by atoms with Gasteiger partial charge in [0.2, 0.25) is 5.95 Å². The molecular weight excluding hydrogens is 355 g/mol. The van der Waals surface area contributed by atoms with E-state index in [1.54, 1.807) is 0 Å². The van der Waals surface area contributed by atoms with Crippen LogP contribution in [0, 0.1) is 0 Å². The number of fused-ring (bicyclic) bond motifs is 1. The van der Waals surface area contributed by atoms with Crippen molar-refractivity contribution in [3.8, 4) is 0 Å². The number of carbonyl (C=O) groups is 1. The standard InChI is InChI=1S/C11H11BrF3N5O/c1-2-7(11(13,14)15)17-9(21)6-3-5(12)4-20-8(6)18-10(16)19-20/h3-4,7H,2H2,1H3,(H2,16,19)(H,17,21). The molecule has 21 heavy (non-hydrogen) atoms.